The van der Waals surface area contributed by atoms with Gasteiger partial charge in [0.15, 0.2) is 0 Å². The van der Waals surface area contributed by atoms with E-state index in [1.807, 2.05) is 14.0 Å². The van der Waals surface area contributed by atoms with Crippen LogP contribution >= 0.6 is 0 Å². The summed E-state index contributed by atoms with van der Waals surface area (Å²) in [5, 5.41) is 11.3. The highest BCUT2D eigenvalue weighted by atomic mass is 15.3. The summed E-state index contributed by atoms with van der Waals surface area (Å²) in [7, 11) is 1.95. The minimum absolute atomic E-state index is 0.446. The Bertz CT molecular complexity index is 265. The standard InChI is InChI=1S/C9H18N4/c1-7(2)13-8(3)11-12-9(13)5-6-10-4/h7,10H,5-6H2,1-4H3. The van der Waals surface area contributed by atoms with Gasteiger partial charge in [0.25, 0.3) is 0 Å². The van der Waals surface area contributed by atoms with Crippen LogP contribution in [0.4, 0.5) is 0 Å². The van der Waals surface area contributed by atoms with E-state index in [9.17, 15) is 0 Å². The van der Waals surface area contributed by atoms with Crippen LogP contribution in [-0.4, -0.2) is 28.4 Å². The Kier molecular flexibility index (Phi) is 3.42. The van der Waals surface area contributed by atoms with E-state index < -0.39 is 0 Å². The Morgan fingerprint density at radius 2 is 2.08 bits per heavy atom. The smallest absolute Gasteiger partial charge is 0.134 e. The Labute approximate surface area is 79.4 Å². The molecule has 0 unspecified atom stereocenters. The van der Waals surface area contributed by atoms with Gasteiger partial charge in [-0.05, 0) is 27.8 Å². The number of hydrogen-bond acceptors (Lipinski definition) is 3. The molecule has 0 fully saturated rings. The molecular weight excluding hydrogens is 164 g/mol. The zero-order chi connectivity index (χ0) is 9.84. The molecule has 13 heavy (non-hydrogen) atoms. The topological polar surface area (TPSA) is 42.7 Å². The molecule has 4 nitrogen and oxygen atoms in total. The Morgan fingerprint density at radius 3 is 2.62 bits per heavy atom. The van der Waals surface area contributed by atoms with Gasteiger partial charge in [-0.2, -0.15) is 0 Å². The Morgan fingerprint density at radius 1 is 1.38 bits per heavy atom. The van der Waals surface area contributed by atoms with Gasteiger partial charge >= 0.3 is 0 Å². The summed E-state index contributed by atoms with van der Waals surface area (Å²) in [6, 6.07) is 0.446. The van der Waals surface area contributed by atoms with Crippen molar-refractivity contribution in [3.8, 4) is 0 Å². The molecule has 0 radical (unpaired) electrons. The van der Waals surface area contributed by atoms with E-state index in [-0.39, 0.29) is 0 Å². The van der Waals surface area contributed by atoms with Crippen LogP contribution in [0.25, 0.3) is 0 Å². The van der Waals surface area contributed by atoms with Crippen LogP contribution < -0.4 is 5.32 Å². The SMILES string of the molecule is CNCCc1nnc(C)n1C(C)C. The lowest BCUT2D eigenvalue weighted by Crippen LogP contribution is -2.15. The van der Waals surface area contributed by atoms with Gasteiger partial charge in [-0.15, -0.1) is 10.2 Å². The van der Waals surface area contributed by atoms with E-state index in [4.69, 9.17) is 0 Å². The Balaban J connectivity index is 2.81. The van der Waals surface area contributed by atoms with Crippen LogP contribution in [0, 0.1) is 6.92 Å². The van der Waals surface area contributed by atoms with Gasteiger partial charge in [0.2, 0.25) is 0 Å². The molecule has 0 spiro atoms. The van der Waals surface area contributed by atoms with E-state index in [2.05, 4.69) is 33.9 Å². The van der Waals surface area contributed by atoms with Crippen LogP contribution in [0.15, 0.2) is 0 Å². The normalized spacial score (nSPS) is 11.2. The summed E-state index contributed by atoms with van der Waals surface area (Å²) >= 11 is 0. The molecule has 0 aliphatic rings. The zero-order valence-electron chi connectivity index (χ0n) is 8.83. The third-order valence-electron chi connectivity index (χ3n) is 2.05. The number of aromatic nitrogens is 3. The summed E-state index contributed by atoms with van der Waals surface area (Å²) in [6.07, 6.45) is 0.940. The molecule has 1 N–H and O–H groups in total. The van der Waals surface area contributed by atoms with Crippen molar-refractivity contribution in [3.05, 3.63) is 11.6 Å². The van der Waals surface area contributed by atoms with Gasteiger partial charge in [0, 0.05) is 19.0 Å². The summed E-state index contributed by atoms with van der Waals surface area (Å²) < 4.78 is 2.18. The van der Waals surface area contributed by atoms with E-state index in [0.29, 0.717) is 6.04 Å². The lowest BCUT2D eigenvalue weighted by Gasteiger charge is -2.11. The first kappa shape index (κ1) is 10.2. The highest BCUT2D eigenvalue weighted by molar-refractivity contribution is 4.96. The highest BCUT2D eigenvalue weighted by Crippen LogP contribution is 2.10. The lowest BCUT2D eigenvalue weighted by molar-refractivity contribution is 0.548. The minimum Gasteiger partial charge on any atom is -0.319 e. The second kappa shape index (κ2) is 4.37. The van der Waals surface area contributed by atoms with Gasteiger partial charge in [-0.1, -0.05) is 0 Å². The summed E-state index contributed by atoms with van der Waals surface area (Å²) in [5.74, 6) is 2.07. The summed E-state index contributed by atoms with van der Waals surface area (Å²) in [4.78, 5) is 0. The van der Waals surface area contributed by atoms with Crippen molar-refractivity contribution in [1.82, 2.24) is 20.1 Å². The van der Waals surface area contributed by atoms with Gasteiger partial charge in [0.05, 0.1) is 0 Å². The molecule has 4 heteroatoms. The summed E-state index contributed by atoms with van der Waals surface area (Å²) in [6.45, 7) is 7.25. The third-order valence-corrected chi connectivity index (χ3v) is 2.05. The van der Waals surface area contributed by atoms with E-state index in [0.717, 1.165) is 24.6 Å². The van der Waals surface area contributed by atoms with Gasteiger partial charge in [0.1, 0.15) is 11.6 Å². The molecule has 1 aromatic heterocycles. The van der Waals surface area contributed by atoms with Crippen molar-refractivity contribution in [2.24, 2.45) is 0 Å². The molecular formula is C9H18N4. The first-order chi connectivity index (χ1) is 6.16. The van der Waals surface area contributed by atoms with Crippen LogP contribution in [0.2, 0.25) is 0 Å². The molecule has 1 rings (SSSR count). The number of nitrogens with one attached hydrogen (secondary N) is 1. The fourth-order valence-corrected chi connectivity index (χ4v) is 1.49. The number of likely N-dealkylation sites (N-methyl/N-ethyl adjacent to an activating group) is 1. The first-order valence-corrected chi connectivity index (χ1v) is 4.71. The molecule has 1 aromatic rings. The van der Waals surface area contributed by atoms with Gasteiger partial charge in [-0.25, -0.2) is 0 Å². The van der Waals surface area contributed by atoms with Crippen molar-refractivity contribution in [2.45, 2.75) is 33.2 Å². The maximum Gasteiger partial charge on any atom is 0.134 e. The fourth-order valence-electron chi connectivity index (χ4n) is 1.49. The first-order valence-electron chi connectivity index (χ1n) is 4.71. The van der Waals surface area contributed by atoms with Crippen molar-refractivity contribution in [3.63, 3.8) is 0 Å². The average molecular weight is 182 g/mol. The van der Waals surface area contributed by atoms with Crippen LogP contribution in [0.1, 0.15) is 31.5 Å². The molecule has 0 atom stereocenters. The molecule has 0 aliphatic carbocycles. The molecule has 1 heterocycles. The molecule has 0 bridgehead atoms. The van der Waals surface area contributed by atoms with E-state index in [1.165, 1.54) is 0 Å². The number of aryl methyl sites for hydroxylation is 1. The molecule has 0 amide bonds. The maximum absolute atomic E-state index is 4.15. The second-order valence-corrected chi connectivity index (χ2v) is 3.48. The van der Waals surface area contributed by atoms with Crippen molar-refractivity contribution < 1.29 is 0 Å². The molecule has 0 saturated carbocycles. The molecule has 0 aromatic carbocycles. The van der Waals surface area contributed by atoms with Crippen LogP contribution in [0.5, 0.6) is 0 Å². The lowest BCUT2D eigenvalue weighted by atomic mass is 10.3. The number of rotatable bonds is 4. The molecule has 0 aliphatic heterocycles. The van der Waals surface area contributed by atoms with E-state index in [1.54, 1.807) is 0 Å². The monoisotopic (exact) mass is 182 g/mol. The zero-order valence-corrected chi connectivity index (χ0v) is 8.83. The quantitative estimate of drug-likeness (QED) is 0.753. The molecule has 0 saturated heterocycles. The van der Waals surface area contributed by atoms with E-state index >= 15 is 0 Å². The average Bonchev–Trinajstić information content (AvgIpc) is 2.43. The summed E-state index contributed by atoms with van der Waals surface area (Å²) in [5.41, 5.74) is 0. The van der Waals surface area contributed by atoms with Crippen molar-refractivity contribution in [2.75, 3.05) is 13.6 Å². The van der Waals surface area contributed by atoms with Crippen LogP contribution in [-0.2, 0) is 6.42 Å². The van der Waals surface area contributed by atoms with Crippen LogP contribution in [0.3, 0.4) is 0 Å². The molecule has 74 valence electrons. The fraction of sp³-hybridized carbons (Fsp3) is 0.778. The van der Waals surface area contributed by atoms with Crippen molar-refractivity contribution >= 4 is 0 Å². The maximum atomic E-state index is 4.15. The predicted octanol–water partition coefficient (Wildman–Crippen LogP) is 0.929. The third kappa shape index (κ3) is 2.28. The van der Waals surface area contributed by atoms with Gasteiger partial charge in [-0.3, -0.25) is 0 Å². The number of hydrogen-bond donors (Lipinski definition) is 1. The second-order valence-electron chi connectivity index (χ2n) is 3.48. The largest absolute Gasteiger partial charge is 0.319 e. The Hall–Kier alpha value is -0.900. The van der Waals surface area contributed by atoms with Crippen molar-refractivity contribution in [1.29, 1.82) is 0 Å². The highest BCUT2D eigenvalue weighted by Gasteiger charge is 2.10. The predicted molar refractivity (Wildman–Crippen MR) is 52.8 cm³/mol. The minimum atomic E-state index is 0.446. The van der Waals surface area contributed by atoms with Gasteiger partial charge < -0.3 is 9.88 Å². The number of nitrogens with zero attached hydrogens (tertiary/aromatic N) is 3.